The first-order chi connectivity index (χ1) is 12.5. The van der Waals surface area contributed by atoms with Crippen molar-refractivity contribution in [1.82, 2.24) is 15.5 Å². The Morgan fingerprint density at radius 3 is 2.52 bits per heavy atom. The van der Waals surface area contributed by atoms with Crippen molar-refractivity contribution in [3.8, 4) is 5.75 Å². The van der Waals surface area contributed by atoms with Gasteiger partial charge >= 0.3 is 0 Å². The molecule has 152 valence electrons. The van der Waals surface area contributed by atoms with Gasteiger partial charge in [0.1, 0.15) is 17.7 Å². The van der Waals surface area contributed by atoms with Gasteiger partial charge in [0.25, 0.3) is 0 Å². The first-order valence-electron chi connectivity index (χ1n) is 9.22. The fourth-order valence-electron chi connectivity index (χ4n) is 3.03. The number of ether oxygens (including phenoxy) is 1. The molecule has 1 unspecified atom stereocenters. The lowest BCUT2D eigenvalue weighted by Gasteiger charge is -2.33. The van der Waals surface area contributed by atoms with Crippen molar-refractivity contribution in [3.63, 3.8) is 0 Å². The molecule has 1 heterocycles. The van der Waals surface area contributed by atoms with Gasteiger partial charge in [-0.3, -0.25) is 9.89 Å². The fraction of sp³-hybridized carbons (Fsp3) is 0.550. The molecule has 27 heavy (non-hydrogen) atoms. The number of aliphatic imine (C=N–C) groups is 1. The van der Waals surface area contributed by atoms with Gasteiger partial charge in [-0.25, -0.2) is 4.39 Å². The first-order valence-corrected chi connectivity index (χ1v) is 9.22. The molecule has 0 aromatic heterocycles. The zero-order valence-electron chi connectivity index (χ0n) is 16.5. The SMILES string of the molecule is C=C(C)CN1CCC(NC(=NC)NCC(C)Oc2ccc(F)cc2)CC1.I. The predicted molar refractivity (Wildman–Crippen MR) is 121 cm³/mol. The molecule has 0 bridgehead atoms. The molecule has 1 fully saturated rings. The Kier molecular flexibility index (Phi) is 10.7. The summed E-state index contributed by atoms with van der Waals surface area (Å²) < 4.78 is 18.7. The average molecular weight is 490 g/mol. The van der Waals surface area contributed by atoms with E-state index < -0.39 is 0 Å². The number of benzene rings is 1. The second-order valence-electron chi connectivity index (χ2n) is 6.99. The van der Waals surface area contributed by atoms with Crippen molar-refractivity contribution < 1.29 is 9.13 Å². The molecule has 7 heteroatoms. The Hall–Kier alpha value is -1.35. The van der Waals surface area contributed by atoms with E-state index in [1.807, 2.05) is 6.92 Å². The van der Waals surface area contributed by atoms with Crippen LogP contribution in [0.4, 0.5) is 4.39 Å². The summed E-state index contributed by atoms with van der Waals surface area (Å²) in [5, 5.41) is 6.79. The molecule has 1 saturated heterocycles. The van der Waals surface area contributed by atoms with E-state index >= 15 is 0 Å². The van der Waals surface area contributed by atoms with E-state index in [0.29, 0.717) is 18.3 Å². The van der Waals surface area contributed by atoms with Gasteiger partial charge in [-0.1, -0.05) is 12.2 Å². The summed E-state index contributed by atoms with van der Waals surface area (Å²) in [5.74, 6) is 1.19. The topological polar surface area (TPSA) is 48.9 Å². The Morgan fingerprint density at radius 2 is 1.96 bits per heavy atom. The summed E-state index contributed by atoms with van der Waals surface area (Å²) in [5.41, 5.74) is 1.21. The first kappa shape index (κ1) is 23.7. The van der Waals surface area contributed by atoms with Gasteiger partial charge in [0.05, 0.1) is 6.54 Å². The van der Waals surface area contributed by atoms with Crippen molar-refractivity contribution >= 4 is 29.9 Å². The summed E-state index contributed by atoms with van der Waals surface area (Å²) >= 11 is 0. The largest absolute Gasteiger partial charge is 0.489 e. The molecular formula is C20H32FIN4O. The number of nitrogens with one attached hydrogen (secondary N) is 2. The van der Waals surface area contributed by atoms with Gasteiger partial charge in [-0.15, -0.1) is 24.0 Å². The molecule has 0 amide bonds. The molecule has 1 aliphatic heterocycles. The summed E-state index contributed by atoms with van der Waals surface area (Å²) in [6, 6.07) is 6.50. The average Bonchev–Trinajstić information content (AvgIpc) is 2.61. The molecule has 1 aliphatic rings. The molecule has 1 aromatic rings. The van der Waals surface area contributed by atoms with Crippen LogP contribution in [0.15, 0.2) is 41.4 Å². The molecule has 2 N–H and O–H groups in total. The minimum Gasteiger partial charge on any atom is -0.489 e. The summed E-state index contributed by atoms with van der Waals surface area (Å²) in [7, 11) is 1.77. The van der Waals surface area contributed by atoms with Crippen LogP contribution in [-0.4, -0.2) is 56.2 Å². The van der Waals surface area contributed by atoms with Gasteiger partial charge in [-0.2, -0.15) is 0 Å². The Bertz CT molecular complexity index is 601. The third kappa shape index (κ3) is 8.92. The molecule has 0 aliphatic carbocycles. The van der Waals surface area contributed by atoms with Crippen LogP contribution in [0.25, 0.3) is 0 Å². The summed E-state index contributed by atoms with van der Waals surface area (Å²) in [6.45, 7) is 11.8. The fourth-order valence-corrected chi connectivity index (χ4v) is 3.03. The predicted octanol–water partition coefficient (Wildman–Crippen LogP) is 3.42. The van der Waals surface area contributed by atoms with E-state index in [9.17, 15) is 4.39 Å². The highest BCUT2D eigenvalue weighted by Crippen LogP contribution is 2.13. The lowest BCUT2D eigenvalue weighted by molar-refractivity contribution is 0.216. The van der Waals surface area contributed by atoms with Gasteiger partial charge in [-0.05, 0) is 51.0 Å². The smallest absolute Gasteiger partial charge is 0.191 e. The number of nitrogens with zero attached hydrogens (tertiary/aromatic N) is 2. The zero-order chi connectivity index (χ0) is 18.9. The van der Waals surface area contributed by atoms with E-state index in [4.69, 9.17) is 4.74 Å². The summed E-state index contributed by atoms with van der Waals surface area (Å²) in [6.07, 6.45) is 2.13. The van der Waals surface area contributed by atoms with Crippen LogP contribution in [0.1, 0.15) is 26.7 Å². The lowest BCUT2D eigenvalue weighted by atomic mass is 10.0. The third-order valence-corrected chi connectivity index (χ3v) is 4.35. The number of rotatable bonds is 7. The van der Waals surface area contributed by atoms with E-state index in [0.717, 1.165) is 38.4 Å². The third-order valence-electron chi connectivity index (χ3n) is 4.35. The quantitative estimate of drug-likeness (QED) is 0.266. The maximum Gasteiger partial charge on any atom is 0.191 e. The maximum atomic E-state index is 12.9. The monoisotopic (exact) mass is 490 g/mol. The highest BCUT2D eigenvalue weighted by Gasteiger charge is 2.20. The van der Waals surface area contributed by atoms with Gasteiger partial charge in [0.15, 0.2) is 5.96 Å². The van der Waals surface area contributed by atoms with Crippen molar-refractivity contribution in [2.24, 2.45) is 4.99 Å². The second kappa shape index (κ2) is 12.2. The number of likely N-dealkylation sites (tertiary alicyclic amines) is 1. The Morgan fingerprint density at radius 1 is 1.33 bits per heavy atom. The van der Waals surface area contributed by atoms with Crippen LogP contribution in [-0.2, 0) is 0 Å². The van der Waals surface area contributed by atoms with Crippen LogP contribution in [0.3, 0.4) is 0 Å². The minimum absolute atomic E-state index is 0. The number of hydrogen-bond donors (Lipinski definition) is 2. The second-order valence-corrected chi connectivity index (χ2v) is 6.99. The highest BCUT2D eigenvalue weighted by molar-refractivity contribution is 14.0. The van der Waals surface area contributed by atoms with E-state index in [1.54, 1.807) is 19.2 Å². The van der Waals surface area contributed by atoms with Crippen molar-refractivity contribution in [2.75, 3.05) is 33.2 Å². The van der Waals surface area contributed by atoms with Crippen LogP contribution in [0.5, 0.6) is 5.75 Å². The van der Waals surface area contributed by atoms with Crippen LogP contribution >= 0.6 is 24.0 Å². The molecule has 2 rings (SSSR count). The van der Waals surface area contributed by atoms with Crippen LogP contribution in [0.2, 0.25) is 0 Å². The standard InChI is InChI=1S/C20H31FN4O.HI/c1-15(2)14-25-11-9-18(10-12-25)24-20(22-4)23-13-16(3)26-19-7-5-17(21)6-8-19;/h5-8,16,18H,1,9-14H2,2-4H3,(H2,22,23,24);1H. The molecule has 1 atom stereocenters. The van der Waals surface area contributed by atoms with E-state index in [1.165, 1.54) is 17.7 Å². The minimum atomic E-state index is -0.262. The number of hydrogen-bond acceptors (Lipinski definition) is 3. The maximum absolute atomic E-state index is 12.9. The number of halogens is 2. The summed E-state index contributed by atoms with van der Waals surface area (Å²) in [4.78, 5) is 6.74. The normalized spacial score (nSPS) is 17.0. The van der Waals surface area contributed by atoms with Crippen LogP contribution < -0.4 is 15.4 Å². The zero-order valence-corrected chi connectivity index (χ0v) is 18.8. The lowest BCUT2D eigenvalue weighted by Crippen LogP contribution is -2.50. The number of guanidine groups is 1. The Balaban J connectivity index is 0.00000364. The van der Waals surface area contributed by atoms with Crippen molar-refractivity contribution in [2.45, 2.75) is 38.8 Å². The molecule has 1 aromatic carbocycles. The van der Waals surface area contributed by atoms with E-state index in [2.05, 4.69) is 34.0 Å². The van der Waals surface area contributed by atoms with Crippen molar-refractivity contribution in [3.05, 3.63) is 42.2 Å². The van der Waals surface area contributed by atoms with Crippen LogP contribution in [0, 0.1) is 5.82 Å². The van der Waals surface area contributed by atoms with Crippen molar-refractivity contribution in [1.29, 1.82) is 0 Å². The van der Waals surface area contributed by atoms with Gasteiger partial charge in [0, 0.05) is 32.7 Å². The Labute approximate surface area is 179 Å². The molecule has 0 radical (unpaired) electrons. The van der Waals surface area contributed by atoms with Gasteiger partial charge < -0.3 is 15.4 Å². The highest BCUT2D eigenvalue weighted by atomic mass is 127. The molecule has 5 nitrogen and oxygen atoms in total. The molecular weight excluding hydrogens is 458 g/mol. The molecule has 0 saturated carbocycles. The van der Waals surface area contributed by atoms with E-state index in [-0.39, 0.29) is 35.9 Å². The number of piperidine rings is 1. The van der Waals surface area contributed by atoms with Gasteiger partial charge in [0.2, 0.25) is 0 Å². The molecule has 0 spiro atoms.